The van der Waals surface area contributed by atoms with Crippen LogP contribution in [0.15, 0.2) is 24.3 Å². The molecule has 0 aliphatic carbocycles. The first-order valence-corrected chi connectivity index (χ1v) is 6.24. The van der Waals surface area contributed by atoms with E-state index in [0.29, 0.717) is 19.6 Å². The molecule has 1 aromatic rings. The van der Waals surface area contributed by atoms with Crippen molar-refractivity contribution in [3.63, 3.8) is 0 Å². The summed E-state index contributed by atoms with van der Waals surface area (Å²) in [7, 11) is 0. The average Bonchev–Trinajstić information content (AvgIpc) is 2.37. The lowest BCUT2D eigenvalue weighted by Crippen LogP contribution is -2.52. The fourth-order valence-electron chi connectivity index (χ4n) is 2.13. The largest absolute Gasteiger partial charge is 0.573 e. The smallest absolute Gasteiger partial charge is 0.406 e. The van der Waals surface area contributed by atoms with Crippen molar-refractivity contribution in [1.82, 2.24) is 10.2 Å². The van der Waals surface area contributed by atoms with Crippen molar-refractivity contribution < 1.29 is 22.7 Å². The first kappa shape index (κ1) is 14.6. The minimum Gasteiger partial charge on any atom is -0.406 e. The van der Waals surface area contributed by atoms with E-state index in [4.69, 9.17) is 0 Å². The molecule has 20 heavy (non-hydrogen) atoms. The van der Waals surface area contributed by atoms with Crippen LogP contribution >= 0.6 is 0 Å². The lowest BCUT2D eigenvalue weighted by atomic mass is 10.1. The predicted molar refractivity (Wildman–Crippen MR) is 66.5 cm³/mol. The van der Waals surface area contributed by atoms with Gasteiger partial charge >= 0.3 is 6.36 Å². The first-order chi connectivity index (χ1) is 9.37. The fraction of sp³-hybridized carbons (Fsp3) is 0.462. The minimum atomic E-state index is -4.76. The number of hydrogen-bond acceptors (Lipinski definition) is 3. The van der Waals surface area contributed by atoms with Crippen LogP contribution in [0.1, 0.15) is 17.3 Å². The van der Waals surface area contributed by atoms with Crippen LogP contribution < -0.4 is 10.1 Å². The Morgan fingerprint density at radius 1 is 1.45 bits per heavy atom. The summed E-state index contributed by atoms with van der Waals surface area (Å²) in [6.45, 7) is 3.77. The van der Waals surface area contributed by atoms with E-state index in [2.05, 4.69) is 10.1 Å². The van der Waals surface area contributed by atoms with Crippen molar-refractivity contribution in [1.29, 1.82) is 0 Å². The third-order valence-corrected chi connectivity index (χ3v) is 3.08. The highest BCUT2D eigenvalue weighted by Crippen LogP contribution is 2.24. The number of carbonyl (C=O) groups excluding carboxylic acids is 1. The molecule has 0 unspecified atom stereocenters. The number of piperazine rings is 1. The maximum atomic E-state index is 12.3. The molecule has 1 N–H and O–H groups in total. The van der Waals surface area contributed by atoms with Gasteiger partial charge in [-0.25, -0.2) is 0 Å². The van der Waals surface area contributed by atoms with E-state index >= 15 is 0 Å². The minimum absolute atomic E-state index is 0.00319. The Morgan fingerprint density at radius 2 is 2.20 bits per heavy atom. The number of hydrogen-bond donors (Lipinski definition) is 1. The molecule has 1 atom stereocenters. The summed E-state index contributed by atoms with van der Waals surface area (Å²) in [4.78, 5) is 13.9. The molecule has 0 aromatic heterocycles. The van der Waals surface area contributed by atoms with Gasteiger partial charge in [-0.15, -0.1) is 13.2 Å². The van der Waals surface area contributed by atoms with Gasteiger partial charge in [-0.2, -0.15) is 0 Å². The van der Waals surface area contributed by atoms with Gasteiger partial charge < -0.3 is 15.0 Å². The van der Waals surface area contributed by atoms with Crippen molar-refractivity contribution in [3.05, 3.63) is 29.8 Å². The standard InChI is InChI=1S/C13H15F3N2O2/c1-9-8-17-5-6-18(9)12(19)10-3-2-4-11(7-10)20-13(14,15)16/h2-4,7,9,17H,5-6,8H2,1H3/t9-/m1/s1. The van der Waals surface area contributed by atoms with Crippen LogP contribution in [0.25, 0.3) is 0 Å². The lowest BCUT2D eigenvalue weighted by Gasteiger charge is -2.34. The van der Waals surface area contributed by atoms with Crippen molar-refractivity contribution in [2.24, 2.45) is 0 Å². The summed E-state index contributed by atoms with van der Waals surface area (Å²) in [5, 5.41) is 3.15. The van der Waals surface area contributed by atoms with Gasteiger partial charge in [0.1, 0.15) is 5.75 Å². The Kier molecular flexibility index (Phi) is 4.17. The van der Waals surface area contributed by atoms with E-state index in [0.717, 1.165) is 6.07 Å². The van der Waals surface area contributed by atoms with Gasteiger partial charge in [0.2, 0.25) is 0 Å². The van der Waals surface area contributed by atoms with Gasteiger partial charge in [-0.05, 0) is 25.1 Å². The zero-order valence-electron chi connectivity index (χ0n) is 10.9. The normalized spacial score (nSPS) is 19.8. The van der Waals surface area contributed by atoms with E-state index < -0.39 is 6.36 Å². The Hall–Kier alpha value is -1.76. The highest BCUT2D eigenvalue weighted by Gasteiger charge is 2.31. The van der Waals surface area contributed by atoms with E-state index in [9.17, 15) is 18.0 Å². The molecule has 1 amide bonds. The molecule has 0 bridgehead atoms. The van der Waals surface area contributed by atoms with Gasteiger partial charge in [0.05, 0.1) is 0 Å². The van der Waals surface area contributed by atoms with E-state index in [-0.39, 0.29) is 23.3 Å². The van der Waals surface area contributed by atoms with Crippen LogP contribution in [-0.2, 0) is 0 Å². The summed E-state index contributed by atoms with van der Waals surface area (Å²) in [6, 6.07) is 5.15. The van der Waals surface area contributed by atoms with Crippen molar-refractivity contribution in [3.8, 4) is 5.75 Å². The summed E-state index contributed by atoms with van der Waals surface area (Å²) in [5.74, 6) is -0.669. The van der Waals surface area contributed by atoms with Gasteiger partial charge in [-0.1, -0.05) is 6.07 Å². The van der Waals surface area contributed by atoms with Gasteiger partial charge in [-0.3, -0.25) is 4.79 Å². The maximum Gasteiger partial charge on any atom is 0.573 e. The van der Waals surface area contributed by atoms with Crippen LogP contribution in [0.4, 0.5) is 13.2 Å². The second-order valence-electron chi connectivity index (χ2n) is 4.63. The van der Waals surface area contributed by atoms with E-state index in [1.54, 1.807) is 4.90 Å². The fourth-order valence-corrected chi connectivity index (χ4v) is 2.13. The topological polar surface area (TPSA) is 41.6 Å². The Morgan fingerprint density at radius 3 is 2.85 bits per heavy atom. The van der Waals surface area contributed by atoms with Crippen LogP contribution in [0.3, 0.4) is 0 Å². The second kappa shape index (κ2) is 5.70. The number of rotatable bonds is 2. The molecule has 1 saturated heterocycles. The zero-order valence-corrected chi connectivity index (χ0v) is 10.9. The van der Waals surface area contributed by atoms with Crippen LogP contribution in [-0.4, -0.2) is 42.8 Å². The van der Waals surface area contributed by atoms with Crippen LogP contribution in [0, 0.1) is 0 Å². The lowest BCUT2D eigenvalue weighted by molar-refractivity contribution is -0.274. The summed E-state index contributed by atoms with van der Waals surface area (Å²) >= 11 is 0. The highest BCUT2D eigenvalue weighted by atomic mass is 19.4. The summed E-state index contributed by atoms with van der Waals surface area (Å²) in [5.41, 5.74) is 0.195. The SMILES string of the molecule is C[C@@H]1CNCCN1C(=O)c1cccc(OC(F)(F)F)c1. The molecule has 0 spiro atoms. The number of nitrogens with zero attached hydrogens (tertiary/aromatic N) is 1. The quantitative estimate of drug-likeness (QED) is 0.905. The van der Waals surface area contributed by atoms with Crippen LogP contribution in [0.5, 0.6) is 5.75 Å². The van der Waals surface area contributed by atoms with Crippen molar-refractivity contribution in [2.45, 2.75) is 19.3 Å². The average molecular weight is 288 g/mol. The molecule has 2 rings (SSSR count). The van der Waals surface area contributed by atoms with E-state index in [1.807, 2.05) is 6.92 Å². The number of carbonyl (C=O) groups is 1. The molecule has 1 heterocycles. The van der Waals surface area contributed by atoms with Gasteiger partial charge in [0, 0.05) is 31.2 Å². The number of halogens is 3. The zero-order chi connectivity index (χ0) is 14.8. The molecule has 110 valence electrons. The van der Waals surface area contributed by atoms with Crippen molar-refractivity contribution in [2.75, 3.05) is 19.6 Å². The molecule has 1 aliphatic heterocycles. The molecular formula is C13H15F3N2O2. The molecule has 0 radical (unpaired) electrons. The first-order valence-electron chi connectivity index (χ1n) is 6.24. The molecular weight excluding hydrogens is 273 g/mol. The second-order valence-corrected chi connectivity index (χ2v) is 4.63. The molecule has 1 aromatic carbocycles. The number of alkyl halides is 3. The third kappa shape index (κ3) is 3.63. The Bertz CT molecular complexity index is 491. The number of nitrogens with one attached hydrogen (secondary N) is 1. The monoisotopic (exact) mass is 288 g/mol. The molecule has 1 aliphatic rings. The number of amides is 1. The number of ether oxygens (including phenoxy) is 1. The maximum absolute atomic E-state index is 12.3. The molecule has 0 saturated carbocycles. The third-order valence-electron chi connectivity index (χ3n) is 3.08. The van der Waals surface area contributed by atoms with E-state index in [1.165, 1.54) is 18.2 Å². The van der Waals surface area contributed by atoms with Gasteiger partial charge in [0.25, 0.3) is 5.91 Å². The summed E-state index contributed by atoms with van der Waals surface area (Å²) < 4.78 is 40.3. The van der Waals surface area contributed by atoms with Gasteiger partial charge in [0.15, 0.2) is 0 Å². The number of benzene rings is 1. The highest BCUT2D eigenvalue weighted by molar-refractivity contribution is 5.94. The van der Waals surface area contributed by atoms with Crippen LogP contribution in [0.2, 0.25) is 0 Å². The molecule has 4 nitrogen and oxygen atoms in total. The predicted octanol–water partition coefficient (Wildman–Crippen LogP) is 2.02. The Labute approximate surface area is 114 Å². The molecule has 1 fully saturated rings. The molecule has 7 heteroatoms. The summed E-state index contributed by atoms with van der Waals surface area (Å²) in [6.07, 6.45) is -4.76. The van der Waals surface area contributed by atoms with Crippen molar-refractivity contribution >= 4 is 5.91 Å². The Balaban J connectivity index is 2.15.